The van der Waals surface area contributed by atoms with E-state index >= 15 is 0 Å². The van der Waals surface area contributed by atoms with E-state index in [1.165, 1.54) is 0 Å². The van der Waals surface area contributed by atoms with Gasteiger partial charge in [-0.05, 0) is 19.1 Å². The van der Waals surface area contributed by atoms with E-state index in [-0.39, 0.29) is 6.29 Å². The van der Waals surface area contributed by atoms with Crippen LogP contribution in [0.5, 0.6) is 5.88 Å². The number of pyridine rings is 1. The smallest absolute Gasteiger partial charge is 0.357 e. The third-order valence-electron chi connectivity index (χ3n) is 2.84. The molecule has 1 aromatic rings. The van der Waals surface area contributed by atoms with Gasteiger partial charge < -0.3 is 25.1 Å². The first-order valence-corrected chi connectivity index (χ1v) is 6.53. The number of rotatable bonds is 5. The van der Waals surface area contributed by atoms with E-state index in [1.807, 2.05) is 13.1 Å². The van der Waals surface area contributed by atoms with Crippen molar-refractivity contribution in [2.75, 3.05) is 26.1 Å². The van der Waals surface area contributed by atoms with Crippen molar-refractivity contribution < 1.29 is 14.3 Å². The summed E-state index contributed by atoms with van der Waals surface area (Å²) in [4.78, 5) is 17.6. The van der Waals surface area contributed by atoms with E-state index in [1.54, 1.807) is 37.4 Å². The second-order valence-corrected chi connectivity index (χ2v) is 4.31. The number of hydrogen-bond acceptors (Lipinski definition) is 8. The van der Waals surface area contributed by atoms with Crippen molar-refractivity contribution >= 4 is 11.7 Å². The Bertz CT molecular complexity index is 534. The topological polar surface area (TPSA) is 87.8 Å². The summed E-state index contributed by atoms with van der Waals surface area (Å²) in [7, 11) is 3.39. The molecule has 0 fully saturated rings. The van der Waals surface area contributed by atoms with Crippen LogP contribution in [0.15, 0.2) is 30.2 Å². The first kappa shape index (κ1) is 14.9. The van der Waals surface area contributed by atoms with Crippen LogP contribution in [0.3, 0.4) is 0 Å². The number of nitrogens with one attached hydrogen (secondary N) is 3. The number of aromatic nitrogens is 1. The van der Waals surface area contributed by atoms with Gasteiger partial charge in [-0.15, -0.1) is 0 Å². The van der Waals surface area contributed by atoms with Crippen LogP contribution >= 0.6 is 0 Å². The zero-order valence-electron chi connectivity index (χ0n) is 12.2. The van der Waals surface area contributed by atoms with E-state index in [0.29, 0.717) is 18.2 Å². The van der Waals surface area contributed by atoms with Gasteiger partial charge >= 0.3 is 5.97 Å². The van der Waals surface area contributed by atoms with Crippen molar-refractivity contribution in [2.24, 2.45) is 0 Å². The lowest BCUT2D eigenvalue weighted by Gasteiger charge is -2.34. The molecule has 21 heavy (non-hydrogen) atoms. The normalized spacial score (nSPS) is 17.6. The van der Waals surface area contributed by atoms with Crippen molar-refractivity contribution in [1.82, 2.24) is 20.7 Å². The molecule has 8 heteroatoms. The first-order chi connectivity index (χ1) is 10.2. The molecule has 0 spiro atoms. The Hall–Kier alpha value is -2.48. The molecule has 2 heterocycles. The lowest BCUT2D eigenvalue weighted by Crippen LogP contribution is -2.57. The highest BCUT2D eigenvalue weighted by Gasteiger charge is 2.22. The van der Waals surface area contributed by atoms with Crippen molar-refractivity contribution in [2.45, 2.75) is 13.2 Å². The van der Waals surface area contributed by atoms with Crippen molar-refractivity contribution in [1.29, 1.82) is 0 Å². The van der Waals surface area contributed by atoms with Gasteiger partial charge in [0.25, 0.3) is 0 Å². The molecule has 3 N–H and O–H groups in total. The molecule has 2 rings (SSSR count). The summed E-state index contributed by atoms with van der Waals surface area (Å²) in [6, 6.07) is 3.66. The number of esters is 1. The highest BCUT2D eigenvalue weighted by Crippen LogP contribution is 2.21. The van der Waals surface area contributed by atoms with Crippen molar-refractivity contribution in [3.8, 4) is 5.88 Å². The lowest BCUT2D eigenvalue weighted by molar-refractivity contribution is -0.139. The first-order valence-electron chi connectivity index (χ1n) is 6.53. The van der Waals surface area contributed by atoms with Gasteiger partial charge in [-0.3, -0.25) is 0 Å². The Morgan fingerprint density at radius 2 is 2.38 bits per heavy atom. The fourth-order valence-electron chi connectivity index (χ4n) is 1.82. The number of carbonyl (C=O) groups is 1. The van der Waals surface area contributed by atoms with Gasteiger partial charge in [-0.25, -0.2) is 9.78 Å². The maximum atomic E-state index is 11.6. The summed E-state index contributed by atoms with van der Waals surface area (Å²) in [6.45, 7) is 2.09. The zero-order chi connectivity index (χ0) is 15.2. The molecule has 0 saturated carbocycles. The third-order valence-corrected chi connectivity index (χ3v) is 2.84. The molecule has 1 unspecified atom stereocenters. The monoisotopic (exact) mass is 293 g/mol. The standard InChI is InChI=1S/C13H19N5O3/c1-4-21-12(19)10-8-18(2)13(17-16-10)15-9-6-5-7-14-11(9)20-3/h5-8,13,15-17H,4H2,1-3H3. The molecule has 8 nitrogen and oxygen atoms in total. The number of anilines is 1. The fourth-order valence-corrected chi connectivity index (χ4v) is 1.82. The Morgan fingerprint density at radius 3 is 3.05 bits per heavy atom. The molecule has 0 radical (unpaired) electrons. The molecule has 1 atom stereocenters. The summed E-state index contributed by atoms with van der Waals surface area (Å²) < 4.78 is 10.1. The van der Waals surface area contributed by atoms with Crippen LogP contribution in [-0.2, 0) is 9.53 Å². The average Bonchev–Trinajstić information content (AvgIpc) is 2.50. The maximum Gasteiger partial charge on any atom is 0.357 e. The second kappa shape index (κ2) is 6.80. The summed E-state index contributed by atoms with van der Waals surface area (Å²) in [5.41, 5.74) is 6.86. The zero-order valence-corrected chi connectivity index (χ0v) is 12.2. The minimum Gasteiger partial charge on any atom is -0.480 e. The van der Waals surface area contributed by atoms with Crippen LogP contribution in [0.1, 0.15) is 6.92 Å². The molecule has 1 aromatic heterocycles. The number of carbonyl (C=O) groups excluding carboxylic acids is 1. The molecule has 0 amide bonds. The Balaban J connectivity index is 2.05. The fraction of sp³-hybridized carbons (Fsp3) is 0.385. The molecule has 0 bridgehead atoms. The van der Waals surface area contributed by atoms with Crippen molar-refractivity contribution in [3.05, 3.63) is 30.2 Å². The van der Waals surface area contributed by atoms with Gasteiger partial charge in [0.2, 0.25) is 5.88 Å². The van der Waals surface area contributed by atoms with Crippen LogP contribution in [0.2, 0.25) is 0 Å². The number of nitrogens with zero attached hydrogens (tertiary/aromatic N) is 2. The molecule has 0 aliphatic carbocycles. The van der Waals surface area contributed by atoms with Crippen LogP contribution in [0.25, 0.3) is 0 Å². The van der Waals surface area contributed by atoms with Crippen LogP contribution in [-0.4, -0.2) is 42.9 Å². The molecule has 0 aromatic carbocycles. The predicted molar refractivity (Wildman–Crippen MR) is 77.0 cm³/mol. The van der Waals surface area contributed by atoms with Gasteiger partial charge in [-0.1, -0.05) is 0 Å². The minimum atomic E-state index is -0.408. The van der Waals surface area contributed by atoms with E-state index in [9.17, 15) is 4.79 Å². The van der Waals surface area contributed by atoms with E-state index in [2.05, 4.69) is 21.2 Å². The Kier molecular flexibility index (Phi) is 4.83. The summed E-state index contributed by atoms with van der Waals surface area (Å²) in [5.74, 6) is 0.0853. The van der Waals surface area contributed by atoms with Gasteiger partial charge in [0.05, 0.1) is 19.4 Å². The Morgan fingerprint density at radius 1 is 1.57 bits per heavy atom. The molecular weight excluding hydrogens is 274 g/mol. The van der Waals surface area contributed by atoms with Gasteiger partial charge in [-0.2, -0.15) is 5.43 Å². The van der Waals surface area contributed by atoms with Crippen LogP contribution in [0.4, 0.5) is 5.69 Å². The second-order valence-electron chi connectivity index (χ2n) is 4.31. The predicted octanol–water partition coefficient (Wildman–Crippen LogP) is 0.230. The molecule has 114 valence electrons. The SMILES string of the molecule is CCOC(=O)C1=CN(C)C(Nc2cccnc2OC)NN1. The lowest BCUT2D eigenvalue weighted by atomic mass is 10.4. The largest absolute Gasteiger partial charge is 0.480 e. The minimum absolute atomic E-state index is 0.277. The Labute approximate surface area is 123 Å². The number of ether oxygens (including phenoxy) is 2. The maximum absolute atomic E-state index is 11.6. The summed E-state index contributed by atoms with van der Waals surface area (Å²) >= 11 is 0. The summed E-state index contributed by atoms with van der Waals surface area (Å²) in [5, 5.41) is 3.21. The molecule has 0 saturated heterocycles. The highest BCUT2D eigenvalue weighted by atomic mass is 16.5. The molecule has 1 aliphatic heterocycles. The van der Waals surface area contributed by atoms with Gasteiger partial charge in [0, 0.05) is 19.4 Å². The van der Waals surface area contributed by atoms with E-state index in [4.69, 9.17) is 9.47 Å². The van der Waals surface area contributed by atoms with Gasteiger partial charge in [0.15, 0.2) is 12.0 Å². The summed E-state index contributed by atoms with van der Waals surface area (Å²) in [6.07, 6.45) is 3.04. The number of methoxy groups -OCH3 is 1. The highest BCUT2D eigenvalue weighted by molar-refractivity contribution is 5.87. The van der Waals surface area contributed by atoms with Crippen LogP contribution < -0.4 is 20.9 Å². The van der Waals surface area contributed by atoms with Crippen LogP contribution in [0, 0.1) is 0 Å². The van der Waals surface area contributed by atoms with E-state index in [0.717, 1.165) is 5.69 Å². The van der Waals surface area contributed by atoms with Gasteiger partial charge in [0.1, 0.15) is 0 Å². The molecule has 1 aliphatic rings. The number of hydrazine groups is 1. The van der Waals surface area contributed by atoms with E-state index < -0.39 is 5.97 Å². The molecular formula is C13H19N5O3. The number of hydrogen-bond donors (Lipinski definition) is 3. The third kappa shape index (κ3) is 3.54. The van der Waals surface area contributed by atoms with Crippen molar-refractivity contribution in [3.63, 3.8) is 0 Å². The average molecular weight is 293 g/mol. The quantitative estimate of drug-likeness (QED) is 0.665.